The third kappa shape index (κ3) is 4.47. The quantitative estimate of drug-likeness (QED) is 0.617. The molecule has 30 heavy (non-hydrogen) atoms. The Morgan fingerprint density at radius 1 is 0.967 bits per heavy atom. The van der Waals surface area contributed by atoms with Crippen LogP contribution in [0.5, 0.6) is 17.2 Å². The average molecular weight is 409 g/mol. The Balaban J connectivity index is 1.58. The van der Waals surface area contributed by atoms with Crippen LogP contribution in [0.4, 0.5) is 0 Å². The van der Waals surface area contributed by atoms with Crippen molar-refractivity contribution in [2.45, 2.75) is 37.6 Å². The highest BCUT2D eigenvalue weighted by atomic mass is 16.5. The van der Waals surface area contributed by atoms with E-state index in [-0.39, 0.29) is 6.10 Å². The number of piperazine rings is 1. The predicted octanol–water partition coefficient (Wildman–Crippen LogP) is 3.99. The number of para-hydroxylation sites is 1. The summed E-state index contributed by atoms with van der Waals surface area (Å²) in [5.41, 5.74) is 1.18. The van der Waals surface area contributed by atoms with E-state index in [1.807, 2.05) is 36.4 Å². The van der Waals surface area contributed by atoms with Gasteiger partial charge in [0.25, 0.3) is 0 Å². The van der Waals surface area contributed by atoms with Crippen molar-refractivity contribution in [1.82, 2.24) is 9.80 Å². The van der Waals surface area contributed by atoms with Crippen LogP contribution in [-0.4, -0.2) is 61.8 Å². The van der Waals surface area contributed by atoms with Crippen LogP contribution in [0.3, 0.4) is 0 Å². The minimum absolute atomic E-state index is 0.163. The molecule has 160 valence electrons. The number of benzene rings is 2. The number of ether oxygens (including phenoxy) is 3. The van der Waals surface area contributed by atoms with Crippen molar-refractivity contribution in [3.8, 4) is 17.2 Å². The smallest absolute Gasteiger partial charge is 0.127 e. The van der Waals surface area contributed by atoms with Gasteiger partial charge in [-0.15, -0.1) is 6.58 Å². The van der Waals surface area contributed by atoms with E-state index in [9.17, 15) is 0 Å². The summed E-state index contributed by atoms with van der Waals surface area (Å²) < 4.78 is 17.5. The highest BCUT2D eigenvalue weighted by Gasteiger charge is 2.42. The number of nitrogens with zero attached hydrogens (tertiary/aromatic N) is 2. The predicted molar refractivity (Wildman–Crippen MR) is 119 cm³/mol. The summed E-state index contributed by atoms with van der Waals surface area (Å²) in [5.74, 6) is 2.64. The molecule has 5 heteroatoms. The molecule has 0 aromatic heterocycles. The van der Waals surface area contributed by atoms with Gasteiger partial charge in [-0.25, -0.2) is 0 Å². The van der Waals surface area contributed by atoms with Crippen molar-refractivity contribution in [2.75, 3.05) is 33.9 Å². The van der Waals surface area contributed by atoms with E-state index in [1.54, 1.807) is 14.2 Å². The zero-order valence-electron chi connectivity index (χ0n) is 18.0. The second-order valence-electron chi connectivity index (χ2n) is 8.12. The Hall–Kier alpha value is -2.50. The van der Waals surface area contributed by atoms with Crippen LogP contribution < -0.4 is 14.2 Å². The zero-order chi connectivity index (χ0) is 20.9. The molecule has 0 spiro atoms. The van der Waals surface area contributed by atoms with Crippen LogP contribution in [0.25, 0.3) is 0 Å². The Bertz CT molecular complexity index is 842. The van der Waals surface area contributed by atoms with Crippen molar-refractivity contribution in [1.29, 1.82) is 0 Å². The molecule has 3 heterocycles. The molecule has 0 aliphatic carbocycles. The van der Waals surface area contributed by atoms with E-state index in [0.717, 1.165) is 56.3 Å². The van der Waals surface area contributed by atoms with E-state index >= 15 is 0 Å². The molecule has 0 radical (unpaired) electrons. The first-order valence-corrected chi connectivity index (χ1v) is 10.7. The van der Waals surface area contributed by atoms with Crippen molar-refractivity contribution >= 4 is 0 Å². The van der Waals surface area contributed by atoms with Crippen LogP contribution in [0.1, 0.15) is 18.4 Å². The fraction of sp³-hybridized carbons (Fsp3) is 0.440. The Morgan fingerprint density at radius 3 is 2.53 bits per heavy atom. The van der Waals surface area contributed by atoms with Gasteiger partial charge in [0.05, 0.1) is 20.3 Å². The molecular weight excluding hydrogens is 376 g/mol. The van der Waals surface area contributed by atoms with E-state index in [1.165, 1.54) is 5.56 Å². The number of fused-ring (bicyclic) bond motifs is 4. The molecule has 3 aliphatic rings. The number of rotatable bonds is 8. The van der Waals surface area contributed by atoms with Gasteiger partial charge in [0, 0.05) is 43.9 Å². The third-order valence-corrected chi connectivity index (χ3v) is 6.33. The van der Waals surface area contributed by atoms with Gasteiger partial charge < -0.3 is 14.2 Å². The van der Waals surface area contributed by atoms with Crippen LogP contribution in [0, 0.1) is 0 Å². The first-order valence-electron chi connectivity index (χ1n) is 10.7. The van der Waals surface area contributed by atoms with Gasteiger partial charge in [0.1, 0.15) is 23.4 Å². The maximum Gasteiger partial charge on any atom is 0.127 e. The largest absolute Gasteiger partial charge is 0.497 e. The standard InChI is InChI=1S/C25H32N2O3/c1-4-14-26-18-23-24(30-21-8-6-5-7-9-21)13-11-20(26)17-27(23)16-19-10-12-22(28-2)15-25(19)29-3/h4-10,12,15,20,23-24H,1,11,13-14,16-18H2,2-3H3/t20-,23+,24+/m1/s1. The lowest BCUT2D eigenvalue weighted by Gasteiger charge is -2.45. The van der Waals surface area contributed by atoms with E-state index in [4.69, 9.17) is 14.2 Å². The Labute approximate surface area is 179 Å². The van der Waals surface area contributed by atoms with Gasteiger partial charge in [-0.3, -0.25) is 9.80 Å². The summed E-state index contributed by atoms with van der Waals surface area (Å²) in [6.07, 6.45) is 4.38. The first-order chi connectivity index (χ1) is 14.7. The molecule has 3 aliphatic heterocycles. The molecule has 2 aromatic carbocycles. The Morgan fingerprint density at radius 2 is 1.80 bits per heavy atom. The Kier molecular flexibility index (Phi) is 6.60. The van der Waals surface area contributed by atoms with Crippen molar-refractivity contribution in [2.24, 2.45) is 0 Å². The number of hydrogen-bond donors (Lipinski definition) is 0. The maximum absolute atomic E-state index is 6.51. The van der Waals surface area contributed by atoms with Crippen LogP contribution in [0.15, 0.2) is 61.2 Å². The lowest BCUT2D eigenvalue weighted by Crippen LogP contribution is -2.59. The molecule has 3 fully saturated rings. The van der Waals surface area contributed by atoms with Gasteiger partial charge in [-0.1, -0.05) is 30.3 Å². The molecule has 2 bridgehead atoms. The minimum atomic E-state index is 0.163. The molecule has 0 unspecified atom stereocenters. The minimum Gasteiger partial charge on any atom is -0.497 e. The lowest BCUT2D eigenvalue weighted by atomic mass is 10.0. The third-order valence-electron chi connectivity index (χ3n) is 6.33. The van der Waals surface area contributed by atoms with Gasteiger partial charge in [0.15, 0.2) is 0 Å². The van der Waals surface area contributed by atoms with Gasteiger partial charge in [-0.2, -0.15) is 0 Å². The van der Waals surface area contributed by atoms with E-state index < -0.39 is 0 Å². The summed E-state index contributed by atoms with van der Waals surface area (Å²) in [6, 6.07) is 17.1. The van der Waals surface area contributed by atoms with Crippen LogP contribution in [0.2, 0.25) is 0 Å². The van der Waals surface area contributed by atoms with Crippen molar-refractivity contribution in [3.05, 3.63) is 66.7 Å². The van der Waals surface area contributed by atoms with Gasteiger partial charge in [-0.05, 0) is 31.0 Å². The SMILES string of the molecule is C=CCN1C[C@H]2[C@@H](Oc3ccccc3)CC[C@@H]1CN2Cc1ccc(OC)cc1OC. The lowest BCUT2D eigenvalue weighted by molar-refractivity contribution is 0.00386. The summed E-state index contributed by atoms with van der Waals surface area (Å²) in [6.45, 7) is 7.76. The van der Waals surface area contributed by atoms with Gasteiger partial charge >= 0.3 is 0 Å². The first kappa shape index (κ1) is 20.8. The highest BCUT2D eigenvalue weighted by Crippen LogP contribution is 2.33. The normalized spacial score (nSPS) is 24.3. The van der Waals surface area contributed by atoms with Gasteiger partial charge in [0.2, 0.25) is 0 Å². The topological polar surface area (TPSA) is 34.2 Å². The molecular formula is C25H32N2O3. The molecule has 0 amide bonds. The van der Waals surface area contributed by atoms with E-state index in [0.29, 0.717) is 12.1 Å². The molecule has 0 saturated carbocycles. The summed E-state index contributed by atoms with van der Waals surface area (Å²) >= 11 is 0. The summed E-state index contributed by atoms with van der Waals surface area (Å²) in [4.78, 5) is 5.14. The monoisotopic (exact) mass is 408 g/mol. The number of hydrogen-bond acceptors (Lipinski definition) is 5. The maximum atomic E-state index is 6.51. The molecule has 0 N–H and O–H groups in total. The fourth-order valence-corrected chi connectivity index (χ4v) is 4.79. The molecule has 5 rings (SSSR count). The van der Waals surface area contributed by atoms with Crippen molar-refractivity contribution in [3.63, 3.8) is 0 Å². The molecule has 3 atom stereocenters. The number of methoxy groups -OCH3 is 2. The summed E-state index contributed by atoms with van der Waals surface area (Å²) in [5, 5.41) is 0. The summed E-state index contributed by atoms with van der Waals surface area (Å²) in [7, 11) is 3.40. The van der Waals surface area contributed by atoms with Crippen LogP contribution >= 0.6 is 0 Å². The van der Waals surface area contributed by atoms with Crippen LogP contribution in [-0.2, 0) is 6.54 Å². The fourth-order valence-electron chi connectivity index (χ4n) is 4.79. The molecule has 2 aromatic rings. The highest BCUT2D eigenvalue weighted by molar-refractivity contribution is 5.40. The second kappa shape index (κ2) is 9.54. The average Bonchev–Trinajstić information content (AvgIpc) is 3.04. The molecule has 3 saturated heterocycles. The zero-order valence-corrected chi connectivity index (χ0v) is 18.0. The van der Waals surface area contributed by atoms with E-state index in [2.05, 4.69) is 34.6 Å². The van der Waals surface area contributed by atoms with Crippen molar-refractivity contribution < 1.29 is 14.2 Å². The molecule has 5 nitrogen and oxygen atoms in total. The second-order valence-corrected chi connectivity index (χ2v) is 8.12.